The van der Waals surface area contributed by atoms with Crippen LogP contribution >= 0.6 is 0 Å². The number of sulfone groups is 1. The smallest absolute Gasteiger partial charge is 0.206 e. The first-order chi connectivity index (χ1) is 13.6. The average Bonchev–Trinajstić information content (AvgIpc) is 2.64. The van der Waals surface area contributed by atoms with Crippen LogP contribution in [-0.4, -0.2) is 8.42 Å². The second kappa shape index (κ2) is 10.4. The fraction of sp³-hybridized carbons (Fsp3) is 0.538. The van der Waals surface area contributed by atoms with E-state index in [2.05, 4.69) is 41.5 Å². The number of aryl methyl sites for hydroxylation is 4. The Morgan fingerprint density at radius 1 is 0.690 bits per heavy atom. The molecule has 160 valence electrons. The summed E-state index contributed by atoms with van der Waals surface area (Å²) in [7, 11) is -3.50. The fourth-order valence-corrected chi connectivity index (χ4v) is 5.07. The first-order valence-corrected chi connectivity index (χ1v) is 12.5. The third kappa shape index (κ3) is 6.70. The van der Waals surface area contributed by atoms with Crippen molar-refractivity contribution in [3.8, 4) is 0 Å². The van der Waals surface area contributed by atoms with E-state index < -0.39 is 9.84 Å². The second-order valence-electron chi connectivity index (χ2n) is 9.25. The Labute approximate surface area is 178 Å². The highest BCUT2D eigenvalue weighted by atomic mass is 32.2. The van der Waals surface area contributed by atoms with Gasteiger partial charge in [0.05, 0.1) is 9.79 Å². The Bertz CT molecular complexity index is 839. The molecule has 0 unspecified atom stereocenters. The minimum atomic E-state index is -3.50. The van der Waals surface area contributed by atoms with Crippen LogP contribution in [0.4, 0.5) is 0 Å². The van der Waals surface area contributed by atoms with E-state index in [1.807, 2.05) is 24.3 Å². The molecule has 0 N–H and O–H groups in total. The van der Waals surface area contributed by atoms with E-state index in [0.717, 1.165) is 49.7 Å². The molecule has 2 aromatic carbocycles. The van der Waals surface area contributed by atoms with E-state index in [9.17, 15) is 8.42 Å². The summed E-state index contributed by atoms with van der Waals surface area (Å²) in [5, 5.41) is 0. The molecule has 0 atom stereocenters. The predicted octanol–water partition coefficient (Wildman–Crippen LogP) is 7.09. The molecule has 0 aromatic heterocycles. The summed E-state index contributed by atoms with van der Waals surface area (Å²) < 4.78 is 26.6. The summed E-state index contributed by atoms with van der Waals surface area (Å²) in [5.41, 5.74) is 4.64. The van der Waals surface area contributed by atoms with Crippen LogP contribution in [0.25, 0.3) is 0 Å². The quantitative estimate of drug-likeness (QED) is 0.416. The van der Waals surface area contributed by atoms with Gasteiger partial charge in [0.25, 0.3) is 0 Å². The summed E-state index contributed by atoms with van der Waals surface area (Å²) in [6, 6.07) is 11.2. The van der Waals surface area contributed by atoms with Crippen molar-refractivity contribution in [3.63, 3.8) is 0 Å². The van der Waals surface area contributed by atoms with Gasteiger partial charge in [-0.25, -0.2) is 8.42 Å². The lowest BCUT2D eigenvalue weighted by Crippen LogP contribution is -2.05. The van der Waals surface area contributed by atoms with Crippen LogP contribution < -0.4 is 0 Å². The molecular formula is C26H38O2S. The zero-order chi connectivity index (χ0) is 21.6. The van der Waals surface area contributed by atoms with Gasteiger partial charge in [0, 0.05) is 0 Å². The van der Waals surface area contributed by atoms with Gasteiger partial charge in [-0.2, -0.15) is 0 Å². The number of benzene rings is 2. The van der Waals surface area contributed by atoms with Gasteiger partial charge in [-0.3, -0.25) is 0 Å². The maximum Gasteiger partial charge on any atom is 0.206 e. The molecule has 2 aromatic rings. The van der Waals surface area contributed by atoms with E-state index in [-0.39, 0.29) is 0 Å². The van der Waals surface area contributed by atoms with Gasteiger partial charge in [0.1, 0.15) is 0 Å². The Balaban J connectivity index is 2.28. The molecule has 29 heavy (non-hydrogen) atoms. The maximum atomic E-state index is 13.3. The highest BCUT2D eigenvalue weighted by Gasteiger charge is 2.20. The van der Waals surface area contributed by atoms with E-state index in [1.165, 1.54) is 11.1 Å². The summed E-state index contributed by atoms with van der Waals surface area (Å²) >= 11 is 0. The first kappa shape index (κ1) is 23.7. The van der Waals surface area contributed by atoms with Gasteiger partial charge in [0.15, 0.2) is 0 Å². The lowest BCUT2D eigenvalue weighted by molar-refractivity contribution is 0.554. The number of hydrogen-bond donors (Lipinski definition) is 0. The van der Waals surface area contributed by atoms with Crippen LogP contribution in [0.15, 0.2) is 46.2 Å². The largest absolute Gasteiger partial charge is 0.219 e. The minimum Gasteiger partial charge on any atom is -0.219 e. The summed E-state index contributed by atoms with van der Waals surface area (Å²) in [4.78, 5) is 0.833. The molecule has 0 fully saturated rings. The van der Waals surface area contributed by atoms with Crippen molar-refractivity contribution in [3.05, 3.63) is 58.7 Å². The van der Waals surface area contributed by atoms with E-state index in [0.29, 0.717) is 21.6 Å². The van der Waals surface area contributed by atoms with Gasteiger partial charge in [-0.1, -0.05) is 52.7 Å². The number of hydrogen-bond acceptors (Lipinski definition) is 2. The molecule has 0 aliphatic heterocycles. The van der Waals surface area contributed by atoms with Crippen molar-refractivity contribution < 1.29 is 8.42 Å². The molecule has 0 heterocycles. The van der Waals surface area contributed by atoms with Crippen LogP contribution in [-0.2, 0) is 22.7 Å². The third-order valence-electron chi connectivity index (χ3n) is 5.72. The van der Waals surface area contributed by atoms with Gasteiger partial charge in [0.2, 0.25) is 9.84 Å². The summed E-state index contributed by atoms with van der Waals surface area (Å²) in [6.45, 7) is 13.0. The topological polar surface area (TPSA) is 34.1 Å². The Hall–Kier alpha value is -1.61. The zero-order valence-electron chi connectivity index (χ0n) is 19.1. The van der Waals surface area contributed by atoms with E-state index >= 15 is 0 Å². The molecular weight excluding hydrogens is 376 g/mol. The Kier molecular flexibility index (Phi) is 8.51. The van der Waals surface area contributed by atoms with Crippen molar-refractivity contribution in [2.24, 2.45) is 11.8 Å². The Morgan fingerprint density at radius 2 is 1.07 bits per heavy atom. The van der Waals surface area contributed by atoms with Gasteiger partial charge in [-0.15, -0.1) is 0 Å². The zero-order valence-corrected chi connectivity index (χ0v) is 19.9. The minimum absolute atomic E-state index is 0.416. The fourth-order valence-electron chi connectivity index (χ4n) is 3.71. The van der Waals surface area contributed by atoms with Crippen LogP contribution in [0.1, 0.15) is 75.6 Å². The highest BCUT2D eigenvalue weighted by molar-refractivity contribution is 7.91. The molecule has 2 rings (SSSR count). The SMILES string of the molecule is Cc1ccc(S(=O)(=O)c2ccc(C)c(CCCC(C)C)c2)cc1CCCC(C)C. The van der Waals surface area contributed by atoms with Crippen LogP contribution in [0, 0.1) is 25.7 Å². The standard InChI is InChI=1S/C26H38O2S/c1-19(2)9-7-11-23-17-25(15-13-21(23)5)29(27,28)26-16-14-22(6)24(18-26)12-8-10-20(3)4/h13-20H,7-12H2,1-6H3. The summed E-state index contributed by atoms with van der Waals surface area (Å²) in [5.74, 6) is 1.34. The molecule has 0 aliphatic carbocycles. The molecule has 0 saturated heterocycles. The average molecular weight is 415 g/mol. The van der Waals surface area contributed by atoms with Crippen LogP contribution in [0.2, 0.25) is 0 Å². The van der Waals surface area contributed by atoms with Crippen LogP contribution in [0.5, 0.6) is 0 Å². The first-order valence-electron chi connectivity index (χ1n) is 11.1. The highest BCUT2D eigenvalue weighted by Crippen LogP contribution is 2.27. The molecule has 0 amide bonds. The molecule has 0 saturated carbocycles. The molecule has 2 nitrogen and oxygen atoms in total. The predicted molar refractivity (Wildman–Crippen MR) is 123 cm³/mol. The number of rotatable bonds is 10. The lowest BCUT2D eigenvalue weighted by Gasteiger charge is -2.13. The van der Waals surface area contributed by atoms with Gasteiger partial charge < -0.3 is 0 Å². The molecule has 0 bridgehead atoms. The van der Waals surface area contributed by atoms with E-state index in [1.54, 1.807) is 12.1 Å². The van der Waals surface area contributed by atoms with Crippen molar-refractivity contribution in [2.75, 3.05) is 0 Å². The monoisotopic (exact) mass is 414 g/mol. The Morgan fingerprint density at radius 3 is 1.41 bits per heavy atom. The summed E-state index contributed by atoms with van der Waals surface area (Å²) in [6.07, 6.45) is 6.37. The van der Waals surface area contributed by atoms with Crippen molar-refractivity contribution in [1.82, 2.24) is 0 Å². The van der Waals surface area contributed by atoms with Gasteiger partial charge in [-0.05, 0) is 97.9 Å². The third-order valence-corrected chi connectivity index (χ3v) is 7.47. The molecule has 0 spiro atoms. The second-order valence-corrected chi connectivity index (χ2v) is 11.2. The normalized spacial score (nSPS) is 12.1. The maximum absolute atomic E-state index is 13.3. The van der Waals surface area contributed by atoms with Gasteiger partial charge >= 0.3 is 0 Å². The van der Waals surface area contributed by atoms with Crippen molar-refractivity contribution >= 4 is 9.84 Å². The van der Waals surface area contributed by atoms with E-state index in [4.69, 9.17) is 0 Å². The molecule has 0 aliphatic rings. The van der Waals surface area contributed by atoms with Crippen molar-refractivity contribution in [2.45, 2.75) is 89.9 Å². The van der Waals surface area contributed by atoms with Crippen LogP contribution in [0.3, 0.4) is 0 Å². The lowest BCUT2D eigenvalue weighted by atomic mass is 9.99. The molecule has 3 heteroatoms. The molecule has 0 radical (unpaired) electrons. The van der Waals surface area contributed by atoms with Crippen molar-refractivity contribution in [1.29, 1.82) is 0 Å².